The van der Waals surface area contributed by atoms with Crippen molar-refractivity contribution in [3.05, 3.63) is 200 Å². The molecular formula is C50H33NS. The molecule has 10 rings (SSSR count). The molecule has 0 amide bonds. The van der Waals surface area contributed by atoms with Crippen molar-refractivity contribution in [2.75, 3.05) is 4.90 Å². The molecule has 0 aliphatic heterocycles. The van der Waals surface area contributed by atoms with E-state index in [9.17, 15) is 0 Å². The number of anilines is 3. The molecule has 0 aliphatic carbocycles. The Balaban J connectivity index is 1.19. The van der Waals surface area contributed by atoms with Crippen LogP contribution in [0.1, 0.15) is 0 Å². The Morgan fingerprint density at radius 2 is 0.788 bits per heavy atom. The highest BCUT2D eigenvalue weighted by atomic mass is 32.1. The molecule has 0 radical (unpaired) electrons. The van der Waals surface area contributed by atoms with E-state index in [2.05, 4.69) is 205 Å². The van der Waals surface area contributed by atoms with Crippen LogP contribution in [0.15, 0.2) is 200 Å². The fraction of sp³-hybridized carbons (Fsp3) is 0. The molecule has 9 aromatic carbocycles. The summed E-state index contributed by atoms with van der Waals surface area (Å²) in [4.78, 5) is 2.43. The smallest absolute Gasteiger partial charge is 0.0640 e. The first-order chi connectivity index (χ1) is 25.8. The van der Waals surface area contributed by atoms with E-state index in [0.29, 0.717) is 0 Å². The van der Waals surface area contributed by atoms with Gasteiger partial charge in [-0.15, -0.1) is 11.3 Å². The van der Waals surface area contributed by atoms with Crippen molar-refractivity contribution in [3.8, 4) is 33.4 Å². The Kier molecular flexibility index (Phi) is 7.41. The van der Waals surface area contributed by atoms with Gasteiger partial charge in [-0.25, -0.2) is 0 Å². The lowest BCUT2D eigenvalue weighted by Crippen LogP contribution is -2.10. The van der Waals surface area contributed by atoms with Gasteiger partial charge in [0, 0.05) is 32.2 Å². The lowest BCUT2D eigenvalue weighted by molar-refractivity contribution is 1.30. The average molecular weight is 680 g/mol. The van der Waals surface area contributed by atoms with Gasteiger partial charge in [0.2, 0.25) is 0 Å². The SMILES string of the molecule is c1ccc(-c2ccc(N(c3ccc(-c4ccccc4)cc3)c3cccc4c3sc3c5ccccc5c(-c5cccc6ccccc56)cc43)cc2)cc1. The van der Waals surface area contributed by atoms with Crippen LogP contribution in [-0.4, -0.2) is 0 Å². The van der Waals surface area contributed by atoms with Gasteiger partial charge in [-0.05, 0) is 85.9 Å². The molecular weight excluding hydrogens is 647 g/mol. The fourth-order valence-corrected chi connectivity index (χ4v) is 9.08. The lowest BCUT2D eigenvalue weighted by atomic mass is 9.92. The van der Waals surface area contributed by atoms with Gasteiger partial charge in [-0.2, -0.15) is 0 Å². The van der Waals surface area contributed by atoms with Crippen molar-refractivity contribution in [3.63, 3.8) is 0 Å². The van der Waals surface area contributed by atoms with Crippen molar-refractivity contribution < 1.29 is 0 Å². The maximum Gasteiger partial charge on any atom is 0.0640 e. The molecule has 52 heavy (non-hydrogen) atoms. The molecule has 0 fully saturated rings. The molecule has 1 heterocycles. The Morgan fingerprint density at radius 3 is 1.44 bits per heavy atom. The summed E-state index contributed by atoms with van der Waals surface area (Å²) >= 11 is 1.90. The first-order valence-electron chi connectivity index (χ1n) is 17.8. The summed E-state index contributed by atoms with van der Waals surface area (Å²) < 4.78 is 2.60. The summed E-state index contributed by atoms with van der Waals surface area (Å²) in [7, 11) is 0. The Bertz CT molecular complexity index is 2780. The molecule has 244 valence electrons. The van der Waals surface area contributed by atoms with Gasteiger partial charge < -0.3 is 4.90 Å². The number of nitrogens with zero attached hydrogens (tertiary/aromatic N) is 1. The minimum Gasteiger partial charge on any atom is -0.309 e. The zero-order valence-electron chi connectivity index (χ0n) is 28.4. The molecule has 0 saturated heterocycles. The van der Waals surface area contributed by atoms with Gasteiger partial charge in [-0.3, -0.25) is 0 Å². The summed E-state index contributed by atoms with van der Waals surface area (Å²) in [5.74, 6) is 0. The van der Waals surface area contributed by atoms with E-state index in [1.807, 2.05) is 11.3 Å². The van der Waals surface area contributed by atoms with E-state index in [-0.39, 0.29) is 0 Å². The van der Waals surface area contributed by atoms with Crippen LogP contribution < -0.4 is 4.90 Å². The second-order valence-corrected chi connectivity index (χ2v) is 14.3. The monoisotopic (exact) mass is 679 g/mol. The Hall–Kier alpha value is -6.48. The zero-order valence-corrected chi connectivity index (χ0v) is 29.2. The number of hydrogen-bond donors (Lipinski definition) is 0. The van der Waals surface area contributed by atoms with Gasteiger partial charge in [0.15, 0.2) is 0 Å². The standard InChI is InChI=1S/C50H33NS/c1-3-13-34(14-4-1)36-25-29-39(30-26-36)51(40-31-27-37(28-32-40)35-15-5-2-6-16-35)48-24-12-23-45-47-33-46(42-22-11-18-38-17-7-8-19-41(38)42)43-20-9-10-21-44(43)49(47)52-50(45)48/h1-33H. The highest BCUT2D eigenvalue weighted by molar-refractivity contribution is 7.27. The summed E-state index contributed by atoms with van der Waals surface area (Å²) in [5, 5.41) is 7.68. The first-order valence-corrected chi connectivity index (χ1v) is 18.6. The predicted octanol–water partition coefficient (Wildman–Crippen LogP) is 14.8. The summed E-state index contributed by atoms with van der Waals surface area (Å²) in [6.45, 7) is 0. The first kappa shape index (κ1) is 30.4. The summed E-state index contributed by atoms with van der Waals surface area (Å²) in [6.07, 6.45) is 0. The second-order valence-electron chi connectivity index (χ2n) is 13.3. The van der Waals surface area contributed by atoms with Crippen LogP contribution in [0, 0.1) is 0 Å². The molecule has 1 aromatic heterocycles. The second kappa shape index (κ2) is 12.7. The largest absolute Gasteiger partial charge is 0.309 e. The number of hydrogen-bond acceptors (Lipinski definition) is 2. The molecule has 2 heteroatoms. The van der Waals surface area contributed by atoms with E-state index in [4.69, 9.17) is 0 Å². The van der Waals surface area contributed by atoms with Gasteiger partial charge in [0.1, 0.15) is 0 Å². The van der Waals surface area contributed by atoms with Crippen molar-refractivity contribution >= 4 is 70.1 Å². The van der Waals surface area contributed by atoms with E-state index in [0.717, 1.165) is 11.4 Å². The molecule has 0 N–H and O–H groups in total. The van der Waals surface area contributed by atoms with Crippen molar-refractivity contribution in [1.82, 2.24) is 0 Å². The van der Waals surface area contributed by atoms with Crippen LogP contribution in [0.3, 0.4) is 0 Å². The van der Waals surface area contributed by atoms with Gasteiger partial charge in [0.25, 0.3) is 0 Å². The molecule has 0 atom stereocenters. The van der Waals surface area contributed by atoms with Crippen LogP contribution in [-0.2, 0) is 0 Å². The number of rotatable bonds is 6. The average Bonchev–Trinajstić information content (AvgIpc) is 3.61. The molecule has 0 unspecified atom stereocenters. The van der Waals surface area contributed by atoms with Crippen LogP contribution >= 0.6 is 11.3 Å². The van der Waals surface area contributed by atoms with Crippen LogP contribution in [0.25, 0.3) is 75.1 Å². The Morgan fingerprint density at radius 1 is 0.308 bits per heavy atom. The molecule has 10 aromatic rings. The minimum absolute atomic E-state index is 1.12. The van der Waals surface area contributed by atoms with Crippen LogP contribution in [0.4, 0.5) is 17.1 Å². The molecule has 0 spiro atoms. The van der Waals surface area contributed by atoms with E-state index >= 15 is 0 Å². The molecule has 0 saturated carbocycles. The maximum absolute atomic E-state index is 2.44. The lowest BCUT2D eigenvalue weighted by Gasteiger charge is -2.26. The summed E-state index contributed by atoms with van der Waals surface area (Å²) in [5.41, 5.74) is 10.8. The van der Waals surface area contributed by atoms with E-state index < -0.39 is 0 Å². The number of thiophene rings is 1. The summed E-state index contributed by atoms with van der Waals surface area (Å²) in [6, 6.07) is 72.8. The van der Waals surface area contributed by atoms with E-state index in [1.165, 1.54) is 80.8 Å². The number of benzene rings is 9. The van der Waals surface area contributed by atoms with Crippen molar-refractivity contribution in [2.24, 2.45) is 0 Å². The van der Waals surface area contributed by atoms with Crippen molar-refractivity contribution in [2.45, 2.75) is 0 Å². The van der Waals surface area contributed by atoms with Crippen LogP contribution in [0.2, 0.25) is 0 Å². The van der Waals surface area contributed by atoms with Gasteiger partial charge in [0.05, 0.1) is 10.4 Å². The Labute approximate surface area is 307 Å². The third-order valence-electron chi connectivity index (χ3n) is 10.3. The maximum atomic E-state index is 2.44. The van der Waals surface area contributed by atoms with Crippen LogP contribution in [0.5, 0.6) is 0 Å². The quantitative estimate of drug-likeness (QED) is 0.169. The molecule has 1 nitrogen and oxygen atoms in total. The van der Waals surface area contributed by atoms with Gasteiger partial charge >= 0.3 is 0 Å². The zero-order chi connectivity index (χ0) is 34.4. The van der Waals surface area contributed by atoms with Crippen molar-refractivity contribution in [1.29, 1.82) is 0 Å². The van der Waals surface area contributed by atoms with Gasteiger partial charge in [-0.1, -0.05) is 164 Å². The predicted molar refractivity (Wildman–Crippen MR) is 225 cm³/mol. The third-order valence-corrected chi connectivity index (χ3v) is 11.5. The molecule has 0 aliphatic rings. The molecule has 0 bridgehead atoms. The third kappa shape index (κ3) is 5.16. The highest BCUT2D eigenvalue weighted by Crippen LogP contribution is 2.49. The highest BCUT2D eigenvalue weighted by Gasteiger charge is 2.21. The minimum atomic E-state index is 1.12. The van der Waals surface area contributed by atoms with E-state index in [1.54, 1.807) is 0 Å². The normalized spacial score (nSPS) is 11.5. The number of fused-ring (bicyclic) bond motifs is 6. The fourth-order valence-electron chi connectivity index (χ4n) is 7.76. The topological polar surface area (TPSA) is 3.24 Å².